The van der Waals surface area contributed by atoms with Gasteiger partial charge >= 0.3 is 6.09 Å². The maximum Gasteiger partial charge on any atom is 0.408 e. The maximum atomic E-state index is 12.0. The Hall–Kier alpha value is -1.23. The summed E-state index contributed by atoms with van der Waals surface area (Å²) in [5.74, 6) is 0.864. The van der Waals surface area contributed by atoms with Crippen molar-refractivity contribution in [1.82, 2.24) is 5.32 Å². The van der Waals surface area contributed by atoms with E-state index in [0.717, 1.165) is 28.6 Å². The molecule has 1 aromatic carbocycles. The van der Waals surface area contributed by atoms with Gasteiger partial charge in [0, 0.05) is 10.0 Å². The molecule has 0 radical (unpaired) electrons. The van der Waals surface area contributed by atoms with Crippen molar-refractivity contribution >= 4 is 22.0 Å². The highest BCUT2D eigenvalue weighted by atomic mass is 79.9. The van der Waals surface area contributed by atoms with Crippen LogP contribution in [0.3, 0.4) is 0 Å². The van der Waals surface area contributed by atoms with Crippen molar-refractivity contribution in [3.8, 4) is 5.75 Å². The first kappa shape index (κ1) is 19.1. The summed E-state index contributed by atoms with van der Waals surface area (Å²) in [6.45, 7) is 12.5. The van der Waals surface area contributed by atoms with Gasteiger partial charge in [-0.2, -0.15) is 0 Å². The summed E-state index contributed by atoms with van der Waals surface area (Å²) in [6, 6.07) is 6.05. The minimum atomic E-state index is -0.494. The quantitative estimate of drug-likeness (QED) is 0.760. The number of carbonyl (C=O) groups excluding carboxylic acids is 1. The minimum Gasteiger partial charge on any atom is -0.491 e. The van der Waals surface area contributed by atoms with Crippen LogP contribution in [0.25, 0.3) is 0 Å². The second-order valence-corrected chi connectivity index (χ2v) is 9.50. The van der Waals surface area contributed by atoms with E-state index < -0.39 is 5.60 Å². The van der Waals surface area contributed by atoms with Crippen LogP contribution < -0.4 is 10.1 Å². The van der Waals surface area contributed by atoms with Crippen molar-refractivity contribution in [3.63, 3.8) is 0 Å². The fourth-order valence-corrected chi connectivity index (χ4v) is 2.77. The van der Waals surface area contributed by atoms with E-state index in [1.165, 1.54) is 0 Å². The summed E-state index contributed by atoms with van der Waals surface area (Å²) in [7, 11) is 0. The molecule has 1 aliphatic carbocycles. The average Bonchev–Trinajstić information content (AvgIpc) is 3.13. The number of amides is 1. The zero-order valence-electron chi connectivity index (χ0n) is 15.5. The van der Waals surface area contributed by atoms with Crippen LogP contribution in [-0.4, -0.2) is 23.8 Å². The van der Waals surface area contributed by atoms with E-state index in [1.54, 1.807) is 0 Å². The van der Waals surface area contributed by atoms with Crippen molar-refractivity contribution < 1.29 is 14.3 Å². The average molecular weight is 398 g/mol. The van der Waals surface area contributed by atoms with Gasteiger partial charge in [0.1, 0.15) is 18.0 Å². The molecule has 5 heteroatoms. The molecule has 0 aromatic heterocycles. The van der Waals surface area contributed by atoms with Crippen molar-refractivity contribution in [2.75, 3.05) is 6.61 Å². The van der Waals surface area contributed by atoms with E-state index in [1.807, 2.05) is 32.9 Å². The molecule has 0 bridgehead atoms. The van der Waals surface area contributed by atoms with E-state index in [9.17, 15) is 4.79 Å². The summed E-state index contributed by atoms with van der Waals surface area (Å²) in [5, 5.41) is 2.97. The Labute approximate surface area is 153 Å². The molecule has 4 nitrogen and oxygen atoms in total. The number of nitrogens with one attached hydrogen (secondary N) is 1. The Balaban J connectivity index is 2.02. The number of rotatable bonds is 4. The van der Waals surface area contributed by atoms with Gasteiger partial charge in [-0.05, 0) is 57.2 Å². The molecular weight excluding hydrogens is 370 g/mol. The van der Waals surface area contributed by atoms with Gasteiger partial charge < -0.3 is 14.8 Å². The molecule has 0 saturated heterocycles. The van der Waals surface area contributed by atoms with Crippen LogP contribution in [0.15, 0.2) is 22.7 Å². The molecule has 1 saturated carbocycles. The van der Waals surface area contributed by atoms with Gasteiger partial charge in [0.25, 0.3) is 0 Å². The zero-order chi connectivity index (χ0) is 18.2. The van der Waals surface area contributed by atoms with Gasteiger partial charge in [-0.3, -0.25) is 0 Å². The molecule has 1 amide bonds. The number of benzene rings is 1. The molecule has 1 aromatic rings. The maximum absolute atomic E-state index is 12.0. The van der Waals surface area contributed by atoms with Gasteiger partial charge in [-0.25, -0.2) is 4.79 Å². The molecule has 1 N–H and O–H groups in total. The lowest BCUT2D eigenvalue weighted by Crippen LogP contribution is -2.44. The minimum absolute atomic E-state index is 0.0194. The third-order valence-corrected chi connectivity index (χ3v) is 4.37. The highest BCUT2D eigenvalue weighted by Crippen LogP contribution is 2.39. The second kappa shape index (κ2) is 6.58. The first-order valence-electron chi connectivity index (χ1n) is 8.34. The molecule has 2 rings (SSSR count). The van der Waals surface area contributed by atoms with Crippen LogP contribution in [0.4, 0.5) is 4.79 Å². The third kappa shape index (κ3) is 5.40. The number of alkyl carbamates (subject to hydrolysis) is 1. The standard InChI is InChI=1S/C19H28BrNO3/c1-17(2,3)14-11-13(20)7-8-15(14)23-12-19(9-10-19)21-16(22)24-18(4,5)6/h7-8,11H,9-10,12H2,1-6H3,(H,21,22). The molecular formula is C19H28BrNO3. The van der Waals surface area contributed by atoms with Crippen molar-refractivity contribution in [1.29, 1.82) is 0 Å². The van der Waals surface area contributed by atoms with Crippen molar-refractivity contribution in [2.24, 2.45) is 0 Å². The summed E-state index contributed by atoms with van der Waals surface area (Å²) < 4.78 is 12.5. The van der Waals surface area contributed by atoms with E-state index in [-0.39, 0.29) is 17.0 Å². The fourth-order valence-electron chi connectivity index (χ4n) is 2.41. The Morgan fingerprint density at radius 3 is 2.33 bits per heavy atom. The Bertz CT molecular complexity index is 610. The van der Waals surface area contributed by atoms with E-state index in [2.05, 4.69) is 48.1 Å². The number of carbonyl (C=O) groups is 1. The summed E-state index contributed by atoms with van der Waals surface area (Å²) in [6.07, 6.45) is 1.44. The van der Waals surface area contributed by atoms with Crippen LogP contribution in [0.1, 0.15) is 59.9 Å². The van der Waals surface area contributed by atoms with Crippen LogP contribution >= 0.6 is 15.9 Å². The second-order valence-electron chi connectivity index (χ2n) is 8.59. The van der Waals surface area contributed by atoms with Crippen molar-refractivity contribution in [3.05, 3.63) is 28.2 Å². The number of ether oxygens (including phenoxy) is 2. The summed E-state index contributed by atoms with van der Waals surface area (Å²) in [5.41, 5.74) is 0.329. The Morgan fingerprint density at radius 1 is 1.21 bits per heavy atom. The molecule has 0 spiro atoms. The highest BCUT2D eigenvalue weighted by Gasteiger charge is 2.46. The normalized spacial score (nSPS) is 16.5. The van der Waals surface area contributed by atoms with E-state index in [4.69, 9.17) is 9.47 Å². The SMILES string of the molecule is CC(C)(C)OC(=O)NC1(COc2ccc(Br)cc2C(C)(C)C)CC1. The first-order valence-corrected chi connectivity index (χ1v) is 9.14. The molecule has 0 unspecified atom stereocenters. The largest absolute Gasteiger partial charge is 0.491 e. The van der Waals surface area contributed by atoms with Gasteiger partial charge in [-0.15, -0.1) is 0 Å². The summed E-state index contributed by atoms with van der Waals surface area (Å²) in [4.78, 5) is 12.0. The lowest BCUT2D eigenvalue weighted by atomic mass is 9.86. The first-order chi connectivity index (χ1) is 10.9. The van der Waals surface area contributed by atoms with Crippen LogP contribution in [0.2, 0.25) is 0 Å². The smallest absolute Gasteiger partial charge is 0.408 e. The fraction of sp³-hybridized carbons (Fsp3) is 0.632. The van der Waals surface area contributed by atoms with E-state index in [0.29, 0.717) is 6.61 Å². The molecule has 24 heavy (non-hydrogen) atoms. The lowest BCUT2D eigenvalue weighted by molar-refractivity contribution is 0.0476. The van der Waals surface area contributed by atoms with Gasteiger partial charge in [0.15, 0.2) is 0 Å². The lowest BCUT2D eigenvalue weighted by Gasteiger charge is -2.26. The summed E-state index contributed by atoms with van der Waals surface area (Å²) >= 11 is 3.52. The van der Waals surface area contributed by atoms with Gasteiger partial charge in [0.2, 0.25) is 0 Å². The van der Waals surface area contributed by atoms with E-state index >= 15 is 0 Å². The monoisotopic (exact) mass is 397 g/mol. The zero-order valence-corrected chi connectivity index (χ0v) is 17.0. The Morgan fingerprint density at radius 2 is 1.83 bits per heavy atom. The third-order valence-electron chi connectivity index (χ3n) is 3.87. The van der Waals surface area contributed by atoms with Crippen molar-refractivity contribution in [2.45, 2.75) is 70.9 Å². The number of halogens is 1. The predicted octanol–water partition coefficient (Wildman–Crippen LogP) is 5.18. The molecule has 1 aliphatic rings. The van der Waals surface area contributed by atoms with Gasteiger partial charge in [0.05, 0.1) is 5.54 Å². The van der Waals surface area contributed by atoms with Crippen LogP contribution in [0.5, 0.6) is 5.75 Å². The Kier molecular flexibility index (Phi) is 5.24. The van der Waals surface area contributed by atoms with Gasteiger partial charge in [-0.1, -0.05) is 36.7 Å². The number of hydrogen-bond acceptors (Lipinski definition) is 3. The molecule has 0 heterocycles. The molecule has 134 valence electrons. The van der Waals surface area contributed by atoms with Crippen LogP contribution in [-0.2, 0) is 10.2 Å². The molecule has 1 fully saturated rings. The number of hydrogen-bond donors (Lipinski definition) is 1. The van der Waals surface area contributed by atoms with Crippen LogP contribution in [0, 0.1) is 0 Å². The topological polar surface area (TPSA) is 47.6 Å². The predicted molar refractivity (Wildman–Crippen MR) is 99.7 cm³/mol. The molecule has 0 atom stereocenters. The molecule has 0 aliphatic heterocycles. The highest BCUT2D eigenvalue weighted by molar-refractivity contribution is 9.10.